The number of aryl methyl sites for hydroxylation is 1. The van der Waals surface area contributed by atoms with E-state index >= 15 is 0 Å². The Hall–Kier alpha value is -2.38. The van der Waals surface area contributed by atoms with E-state index in [0.29, 0.717) is 11.2 Å². The Morgan fingerprint density at radius 1 is 1.17 bits per heavy atom. The van der Waals surface area contributed by atoms with Gasteiger partial charge in [-0.2, -0.15) is 4.18 Å². The van der Waals surface area contributed by atoms with Crippen LogP contribution in [0.1, 0.15) is 16.1 Å². The van der Waals surface area contributed by atoms with Crippen molar-refractivity contribution in [2.75, 3.05) is 27.1 Å². The van der Waals surface area contributed by atoms with E-state index in [4.69, 9.17) is 19.4 Å². The van der Waals surface area contributed by atoms with Crippen molar-refractivity contribution in [3.63, 3.8) is 0 Å². The van der Waals surface area contributed by atoms with Gasteiger partial charge in [0.25, 0.3) is 0 Å². The first-order chi connectivity index (χ1) is 11.0. The summed E-state index contributed by atoms with van der Waals surface area (Å²) in [5.74, 6) is -0.556. The first-order valence-electron chi connectivity index (χ1n) is 6.88. The summed E-state index contributed by atoms with van der Waals surface area (Å²) in [4.78, 5) is 16.3. The van der Waals surface area contributed by atoms with Crippen molar-refractivity contribution in [2.45, 2.75) is 6.92 Å². The summed E-state index contributed by atoms with van der Waals surface area (Å²) in [6.45, 7) is 1.98. The van der Waals surface area contributed by atoms with E-state index in [2.05, 4.69) is 4.98 Å². The molecule has 3 rings (SSSR count). The third-order valence-electron chi connectivity index (χ3n) is 3.74. The second kappa shape index (κ2) is 5.68. The molecule has 1 atom stereocenters. The van der Waals surface area contributed by atoms with E-state index in [1.807, 2.05) is 19.1 Å². The van der Waals surface area contributed by atoms with Crippen molar-refractivity contribution in [1.82, 2.24) is 4.98 Å². The van der Waals surface area contributed by atoms with Gasteiger partial charge >= 0.3 is 11.0 Å². The lowest BCUT2D eigenvalue weighted by Gasteiger charge is -2.07. The number of pyridine rings is 1. The van der Waals surface area contributed by atoms with E-state index in [-0.39, 0.29) is 5.69 Å². The van der Waals surface area contributed by atoms with E-state index in [1.54, 1.807) is 20.3 Å². The fourth-order valence-electron chi connectivity index (χ4n) is 2.64. The maximum atomic E-state index is 11.9. The molecule has 0 radical (unpaired) electrons. The summed E-state index contributed by atoms with van der Waals surface area (Å²) >= 11 is 0. The van der Waals surface area contributed by atoms with Crippen LogP contribution in [-0.4, -0.2) is 32.3 Å². The fourth-order valence-corrected chi connectivity index (χ4v) is 4.22. The minimum absolute atomic E-state index is 0.115. The maximum Gasteiger partial charge on any atom is 0.366 e. The summed E-state index contributed by atoms with van der Waals surface area (Å²) in [5.41, 5.74) is 8.07. The lowest BCUT2D eigenvalue weighted by Crippen LogP contribution is -2.08. The molecule has 6 nitrogen and oxygen atoms in total. The van der Waals surface area contributed by atoms with Gasteiger partial charge in [-0.15, -0.1) is 0 Å². The number of rotatable bonds is 3. The first-order valence-corrected chi connectivity index (χ1v) is 8.03. The number of carbonyl (C=O) groups is 1. The lowest BCUT2D eigenvalue weighted by atomic mass is 10.1. The Morgan fingerprint density at radius 3 is 2.52 bits per heavy atom. The molecule has 3 aromatic rings. The Kier molecular flexibility index (Phi) is 3.83. The Balaban J connectivity index is 2.46. The summed E-state index contributed by atoms with van der Waals surface area (Å²) in [6.07, 6.45) is 0. The third kappa shape index (κ3) is 2.29. The van der Waals surface area contributed by atoms with Crippen molar-refractivity contribution in [3.05, 3.63) is 29.5 Å². The standard InChI is InChI=1S/C16H16N2O4S/c1-8-5-12-10(7-13(20-2)23(12)22-4)14-9(8)6-11(17)15(18-14)16(19)21-3/h5-7H,1-4H3,(H-,17,19)/p+1. The zero-order valence-electron chi connectivity index (χ0n) is 13.3. The highest BCUT2D eigenvalue weighted by Gasteiger charge is 2.27. The van der Waals surface area contributed by atoms with Gasteiger partial charge in [0, 0.05) is 11.5 Å². The smallest absolute Gasteiger partial charge is 0.366 e. The molecule has 0 fully saturated rings. The van der Waals surface area contributed by atoms with Crippen LogP contribution >= 0.6 is 10.8 Å². The van der Waals surface area contributed by atoms with Gasteiger partial charge in [-0.25, -0.2) is 9.78 Å². The number of benzene rings is 1. The molecule has 0 aliphatic heterocycles. The van der Waals surface area contributed by atoms with Crippen LogP contribution in [-0.2, 0) is 4.74 Å². The second-order valence-electron chi connectivity index (χ2n) is 5.02. The molecular formula is C16H17N2O4S+. The van der Waals surface area contributed by atoms with Crippen molar-refractivity contribution in [1.29, 1.82) is 0 Å². The summed E-state index contributed by atoms with van der Waals surface area (Å²) in [7, 11) is 3.97. The average molecular weight is 333 g/mol. The van der Waals surface area contributed by atoms with Gasteiger partial charge in [0.1, 0.15) is 0 Å². The van der Waals surface area contributed by atoms with Gasteiger partial charge in [-0.3, -0.25) is 0 Å². The number of nitrogen functional groups attached to an aromatic ring is 1. The highest BCUT2D eigenvalue weighted by atomic mass is 32.2. The van der Waals surface area contributed by atoms with Crippen molar-refractivity contribution in [3.8, 4) is 5.06 Å². The third-order valence-corrected chi connectivity index (χ3v) is 5.46. The summed E-state index contributed by atoms with van der Waals surface area (Å²) in [5, 5.41) is 2.51. The Bertz CT molecular complexity index is 933. The van der Waals surface area contributed by atoms with Gasteiger partial charge in [0.2, 0.25) is 4.70 Å². The number of carbonyl (C=O) groups excluding carboxylic acids is 1. The van der Waals surface area contributed by atoms with Crippen LogP contribution in [0.5, 0.6) is 5.06 Å². The molecule has 1 unspecified atom stereocenters. The minimum Gasteiger partial charge on any atom is -0.464 e. The quantitative estimate of drug-likeness (QED) is 0.586. The number of thiophene rings is 1. The van der Waals surface area contributed by atoms with Crippen LogP contribution in [0.3, 0.4) is 0 Å². The molecule has 0 aliphatic carbocycles. The minimum atomic E-state index is -0.586. The van der Waals surface area contributed by atoms with Crippen LogP contribution in [0.2, 0.25) is 0 Å². The number of fused-ring (bicyclic) bond motifs is 3. The molecule has 0 spiro atoms. The number of hydrogen-bond donors (Lipinski definition) is 1. The van der Waals surface area contributed by atoms with E-state index < -0.39 is 16.7 Å². The second-order valence-corrected chi connectivity index (χ2v) is 6.74. The van der Waals surface area contributed by atoms with Crippen molar-refractivity contribution >= 4 is 43.4 Å². The van der Waals surface area contributed by atoms with E-state index in [1.165, 1.54) is 7.11 Å². The van der Waals surface area contributed by atoms with Crippen molar-refractivity contribution in [2.24, 2.45) is 0 Å². The fraction of sp³-hybridized carbons (Fsp3) is 0.250. The van der Waals surface area contributed by atoms with Gasteiger partial charge in [-0.05, 0) is 18.6 Å². The molecule has 2 aromatic heterocycles. The molecule has 2 heterocycles. The van der Waals surface area contributed by atoms with E-state index in [0.717, 1.165) is 26.1 Å². The SMILES string of the molecule is COC(=O)c1nc2c(cc1N)c(C)cc1c2cc(OC)[s+]1OC. The Labute approximate surface area is 135 Å². The number of methoxy groups -OCH3 is 2. The van der Waals surface area contributed by atoms with Crippen LogP contribution in [0.15, 0.2) is 18.2 Å². The topological polar surface area (TPSA) is 83.7 Å². The number of esters is 1. The van der Waals surface area contributed by atoms with Crippen molar-refractivity contribution < 1.29 is 18.5 Å². The molecule has 0 saturated carbocycles. The molecule has 0 bridgehead atoms. The monoisotopic (exact) mass is 333 g/mol. The molecule has 23 heavy (non-hydrogen) atoms. The van der Waals surface area contributed by atoms with Gasteiger partial charge in [-0.1, -0.05) is 0 Å². The highest BCUT2D eigenvalue weighted by Crippen LogP contribution is 2.44. The number of hydrogen-bond acceptors (Lipinski definition) is 6. The van der Waals surface area contributed by atoms with Crippen LogP contribution in [0.25, 0.3) is 21.0 Å². The largest absolute Gasteiger partial charge is 0.464 e. The van der Waals surface area contributed by atoms with Gasteiger partial charge in [0.15, 0.2) is 16.4 Å². The number of ether oxygens (including phenoxy) is 2. The number of nitrogens with two attached hydrogens (primary N) is 1. The normalized spacial score (nSPS) is 11.9. The Morgan fingerprint density at radius 2 is 1.91 bits per heavy atom. The predicted molar refractivity (Wildman–Crippen MR) is 91.3 cm³/mol. The zero-order chi connectivity index (χ0) is 16.7. The van der Waals surface area contributed by atoms with Crippen LogP contribution in [0, 0.1) is 6.92 Å². The number of aromatic nitrogens is 1. The molecular weight excluding hydrogens is 316 g/mol. The van der Waals surface area contributed by atoms with Gasteiger partial charge < -0.3 is 15.2 Å². The number of anilines is 1. The highest BCUT2D eigenvalue weighted by molar-refractivity contribution is 7.34. The van der Waals surface area contributed by atoms with E-state index in [9.17, 15) is 4.79 Å². The average Bonchev–Trinajstić information content (AvgIpc) is 2.91. The maximum absolute atomic E-state index is 11.9. The molecule has 1 aromatic carbocycles. The molecule has 120 valence electrons. The number of nitrogens with zero attached hydrogens (tertiary/aromatic N) is 1. The lowest BCUT2D eigenvalue weighted by molar-refractivity contribution is 0.0596. The van der Waals surface area contributed by atoms with Crippen LogP contribution < -0.4 is 14.7 Å². The zero-order valence-corrected chi connectivity index (χ0v) is 14.1. The predicted octanol–water partition coefficient (Wildman–Crippen LogP) is 2.88. The van der Waals surface area contributed by atoms with Gasteiger partial charge in [0.05, 0.1) is 44.0 Å². The molecule has 7 heteroatoms. The molecule has 2 N–H and O–H groups in total. The molecule has 0 amide bonds. The first kappa shape index (κ1) is 15.5. The summed E-state index contributed by atoms with van der Waals surface area (Å²) < 4.78 is 16.7. The molecule has 0 saturated heterocycles. The van der Waals surface area contributed by atoms with Crippen LogP contribution in [0.4, 0.5) is 5.69 Å². The summed E-state index contributed by atoms with van der Waals surface area (Å²) in [6, 6.07) is 5.70. The molecule has 0 aliphatic rings.